The molecule has 0 saturated heterocycles. The zero-order valence-electron chi connectivity index (χ0n) is 10.9. The minimum absolute atomic E-state index is 0.271. The van der Waals surface area contributed by atoms with Gasteiger partial charge in [0.2, 0.25) is 0 Å². The second-order valence-electron chi connectivity index (χ2n) is 5.07. The predicted octanol–water partition coefficient (Wildman–Crippen LogP) is 3.37. The van der Waals surface area contributed by atoms with Crippen LogP contribution in [0.25, 0.3) is 21.5 Å². The van der Waals surface area contributed by atoms with Gasteiger partial charge in [-0.3, -0.25) is 0 Å². The summed E-state index contributed by atoms with van der Waals surface area (Å²) in [6.45, 7) is 1.82. The van der Waals surface area contributed by atoms with Gasteiger partial charge >= 0.3 is 0 Å². The molecule has 3 aromatic carbocycles. The second kappa shape index (κ2) is 4.65. The quantitative estimate of drug-likeness (QED) is 0.686. The van der Waals surface area contributed by atoms with Crippen LogP contribution in [0.15, 0.2) is 54.6 Å². The smallest absolute Gasteiger partial charge is 0.0938 e. The first-order chi connectivity index (χ1) is 9.16. The van der Waals surface area contributed by atoms with Gasteiger partial charge < -0.3 is 10.8 Å². The van der Waals surface area contributed by atoms with Gasteiger partial charge in [-0.1, -0.05) is 48.5 Å². The van der Waals surface area contributed by atoms with E-state index in [9.17, 15) is 5.11 Å². The molecule has 0 bridgehead atoms. The van der Waals surface area contributed by atoms with Crippen molar-refractivity contribution in [2.75, 3.05) is 0 Å². The van der Waals surface area contributed by atoms with Crippen LogP contribution in [0.3, 0.4) is 0 Å². The standard InChI is InChI=1S/C17H17NO/c1-11(18)17(19)14-9-8-13-7-6-12-4-2-3-5-15(12)16(13)10-14/h2-11,17,19H,18H2,1H3/t11-,17-/m0/s1. The van der Waals surface area contributed by atoms with E-state index in [1.165, 1.54) is 16.2 Å². The molecule has 3 rings (SSSR count). The zero-order valence-corrected chi connectivity index (χ0v) is 10.9. The number of aliphatic hydroxyl groups excluding tert-OH is 1. The van der Waals surface area contributed by atoms with Crippen LogP contribution in [0.2, 0.25) is 0 Å². The Morgan fingerprint density at radius 3 is 2.26 bits per heavy atom. The summed E-state index contributed by atoms with van der Waals surface area (Å²) in [4.78, 5) is 0. The Balaban J connectivity index is 2.28. The lowest BCUT2D eigenvalue weighted by Crippen LogP contribution is -2.24. The molecule has 2 nitrogen and oxygen atoms in total. The predicted molar refractivity (Wildman–Crippen MR) is 80.1 cm³/mol. The molecule has 3 aromatic rings. The zero-order chi connectivity index (χ0) is 13.4. The van der Waals surface area contributed by atoms with Gasteiger partial charge in [-0.05, 0) is 40.1 Å². The highest BCUT2D eigenvalue weighted by atomic mass is 16.3. The molecule has 2 heteroatoms. The molecule has 0 fully saturated rings. The van der Waals surface area contributed by atoms with E-state index in [4.69, 9.17) is 5.73 Å². The Morgan fingerprint density at radius 1 is 0.895 bits per heavy atom. The van der Waals surface area contributed by atoms with Crippen LogP contribution in [0.5, 0.6) is 0 Å². The van der Waals surface area contributed by atoms with Crippen molar-refractivity contribution in [2.24, 2.45) is 5.73 Å². The van der Waals surface area contributed by atoms with E-state index in [0.29, 0.717) is 0 Å². The minimum atomic E-state index is -0.622. The molecule has 0 aliphatic carbocycles. The molecule has 0 radical (unpaired) electrons. The fourth-order valence-electron chi connectivity index (χ4n) is 2.51. The summed E-state index contributed by atoms with van der Waals surface area (Å²) in [7, 11) is 0. The summed E-state index contributed by atoms with van der Waals surface area (Å²) < 4.78 is 0. The highest BCUT2D eigenvalue weighted by Gasteiger charge is 2.13. The van der Waals surface area contributed by atoms with E-state index >= 15 is 0 Å². The maximum Gasteiger partial charge on any atom is 0.0938 e. The number of nitrogens with two attached hydrogens (primary N) is 1. The number of hydrogen-bond donors (Lipinski definition) is 2. The average Bonchev–Trinajstić information content (AvgIpc) is 2.45. The van der Waals surface area contributed by atoms with Gasteiger partial charge in [-0.2, -0.15) is 0 Å². The largest absolute Gasteiger partial charge is 0.387 e. The van der Waals surface area contributed by atoms with Crippen molar-refractivity contribution in [3.05, 3.63) is 60.2 Å². The van der Waals surface area contributed by atoms with E-state index < -0.39 is 6.10 Å². The van der Waals surface area contributed by atoms with Crippen molar-refractivity contribution < 1.29 is 5.11 Å². The van der Waals surface area contributed by atoms with Crippen LogP contribution in [-0.4, -0.2) is 11.1 Å². The van der Waals surface area contributed by atoms with E-state index in [2.05, 4.69) is 24.3 Å². The normalized spacial score (nSPS) is 14.7. The first-order valence-corrected chi connectivity index (χ1v) is 6.52. The SMILES string of the molecule is C[C@H](N)[C@H](O)c1ccc2ccc3ccccc3c2c1. The lowest BCUT2D eigenvalue weighted by Gasteiger charge is -2.16. The Morgan fingerprint density at radius 2 is 1.53 bits per heavy atom. The fourth-order valence-corrected chi connectivity index (χ4v) is 2.51. The summed E-state index contributed by atoms with van der Waals surface area (Å²) in [6, 6.07) is 18.3. The molecular formula is C17H17NO. The van der Waals surface area contributed by atoms with Gasteiger partial charge in [-0.25, -0.2) is 0 Å². The molecule has 0 unspecified atom stereocenters. The molecule has 0 spiro atoms. The number of benzene rings is 3. The molecule has 2 atom stereocenters. The van der Waals surface area contributed by atoms with E-state index in [-0.39, 0.29) is 6.04 Å². The number of hydrogen-bond acceptors (Lipinski definition) is 2. The van der Waals surface area contributed by atoms with Crippen LogP contribution in [0.1, 0.15) is 18.6 Å². The average molecular weight is 251 g/mol. The lowest BCUT2D eigenvalue weighted by atomic mass is 9.96. The third-order valence-corrected chi connectivity index (χ3v) is 3.61. The first-order valence-electron chi connectivity index (χ1n) is 6.52. The van der Waals surface area contributed by atoms with Gasteiger partial charge in [-0.15, -0.1) is 0 Å². The van der Waals surface area contributed by atoms with Crippen molar-refractivity contribution in [3.63, 3.8) is 0 Å². The third-order valence-electron chi connectivity index (χ3n) is 3.61. The van der Waals surface area contributed by atoms with Gasteiger partial charge in [0.05, 0.1) is 6.10 Å². The van der Waals surface area contributed by atoms with Crippen LogP contribution >= 0.6 is 0 Å². The topological polar surface area (TPSA) is 46.2 Å². The van der Waals surface area contributed by atoms with Crippen LogP contribution in [0.4, 0.5) is 0 Å². The van der Waals surface area contributed by atoms with Crippen molar-refractivity contribution >= 4 is 21.5 Å². The Kier molecular flexibility index (Phi) is 2.97. The highest BCUT2D eigenvalue weighted by molar-refractivity contribution is 6.07. The van der Waals surface area contributed by atoms with Crippen molar-refractivity contribution in [1.82, 2.24) is 0 Å². The number of rotatable bonds is 2. The van der Waals surface area contributed by atoms with Crippen LogP contribution in [-0.2, 0) is 0 Å². The lowest BCUT2D eigenvalue weighted by molar-refractivity contribution is 0.153. The Hall–Kier alpha value is -1.90. The molecule has 0 aromatic heterocycles. The van der Waals surface area contributed by atoms with Gasteiger partial charge in [0.1, 0.15) is 0 Å². The summed E-state index contributed by atoms with van der Waals surface area (Å²) in [5.41, 5.74) is 6.65. The maximum absolute atomic E-state index is 10.1. The molecule has 0 saturated carbocycles. The maximum atomic E-state index is 10.1. The Labute approximate surface area is 112 Å². The van der Waals surface area contributed by atoms with Gasteiger partial charge in [0.25, 0.3) is 0 Å². The van der Waals surface area contributed by atoms with E-state index in [1.54, 1.807) is 0 Å². The molecule has 0 aliphatic heterocycles. The number of fused-ring (bicyclic) bond motifs is 3. The number of aliphatic hydroxyl groups is 1. The summed E-state index contributed by atoms with van der Waals surface area (Å²) in [5, 5.41) is 14.9. The van der Waals surface area contributed by atoms with E-state index in [1.807, 2.05) is 37.3 Å². The Bertz CT molecular complexity index is 733. The third kappa shape index (κ3) is 2.09. The van der Waals surface area contributed by atoms with Crippen molar-refractivity contribution in [2.45, 2.75) is 19.1 Å². The highest BCUT2D eigenvalue weighted by Crippen LogP contribution is 2.28. The second-order valence-corrected chi connectivity index (χ2v) is 5.07. The fraction of sp³-hybridized carbons (Fsp3) is 0.176. The molecule has 3 N–H and O–H groups in total. The summed E-state index contributed by atoms with van der Waals surface area (Å²) in [6.07, 6.45) is -0.622. The van der Waals surface area contributed by atoms with E-state index in [0.717, 1.165) is 10.9 Å². The molecular weight excluding hydrogens is 234 g/mol. The van der Waals surface area contributed by atoms with Crippen LogP contribution < -0.4 is 5.73 Å². The summed E-state index contributed by atoms with van der Waals surface area (Å²) >= 11 is 0. The summed E-state index contributed by atoms with van der Waals surface area (Å²) in [5.74, 6) is 0. The van der Waals surface area contributed by atoms with Gasteiger partial charge in [0.15, 0.2) is 0 Å². The van der Waals surface area contributed by atoms with Crippen molar-refractivity contribution in [1.29, 1.82) is 0 Å². The minimum Gasteiger partial charge on any atom is -0.387 e. The molecule has 19 heavy (non-hydrogen) atoms. The van der Waals surface area contributed by atoms with Gasteiger partial charge in [0, 0.05) is 6.04 Å². The molecule has 96 valence electrons. The van der Waals surface area contributed by atoms with Crippen molar-refractivity contribution in [3.8, 4) is 0 Å². The monoisotopic (exact) mass is 251 g/mol. The first kappa shape index (κ1) is 12.2. The molecule has 0 aliphatic rings. The molecule has 0 amide bonds. The van der Waals surface area contributed by atoms with Crippen LogP contribution in [0, 0.1) is 0 Å². The molecule has 0 heterocycles.